The Morgan fingerprint density at radius 3 is 2.57 bits per heavy atom. The number of carbonyl (C=O) groups is 1. The molecule has 0 saturated heterocycles. The van der Waals surface area contributed by atoms with Gasteiger partial charge in [-0.25, -0.2) is 4.68 Å². The van der Waals surface area contributed by atoms with Crippen LogP contribution < -0.4 is 4.90 Å². The van der Waals surface area contributed by atoms with Gasteiger partial charge in [-0.2, -0.15) is 5.10 Å². The molecule has 0 radical (unpaired) electrons. The zero-order chi connectivity index (χ0) is 15.8. The summed E-state index contributed by atoms with van der Waals surface area (Å²) in [5.74, 6) is 0.0543. The van der Waals surface area contributed by atoms with E-state index in [-0.39, 0.29) is 5.91 Å². The first-order valence-corrected chi connectivity index (χ1v) is 7.75. The molecular weight excluding hydrogens is 286 g/mol. The highest BCUT2D eigenvalue weighted by atomic mass is 16.2. The van der Waals surface area contributed by atoms with Gasteiger partial charge in [-0.1, -0.05) is 18.2 Å². The molecule has 1 aliphatic heterocycles. The summed E-state index contributed by atoms with van der Waals surface area (Å²) in [7, 11) is 0. The first-order chi connectivity index (χ1) is 11.2. The van der Waals surface area contributed by atoms with Gasteiger partial charge in [0.25, 0.3) is 5.91 Å². The van der Waals surface area contributed by atoms with Gasteiger partial charge in [-0.15, -0.1) is 0 Å². The molecule has 2 heterocycles. The van der Waals surface area contributed by atoms with Gasteiger partial charge in [-0.05, 0) is 55.3 Å². The minimum atomic E-state index is 0.0543. The predicted octanol–water partition coefficient (Wildman–Crippen LogP) is 3.38. The van der Waals surface area contributed by atoms with Crippen LogP contribution in [0.2, 0.25) is 0 Å². The van der Waals surface area contributed by atoms with Gasteiger partial charge < -0.3 is 4.90 Å². The van der Waals surface area contributed by atoms with Gasteiger partial charge in [0.05, 0.1) is 5.69 Å². The van der Waals surface area contributed by atoms with Gasteiger partial charge in [0.2, 0.25) is 0 Å². The lowest BCUT2D eigenvalue weighted by Crippen LogP contribution is -2.28. The fourth-order valence-corrected chi connectivity index (χ4v) is 3.09. The molecule has 3 aromatic rings. The van der Waals surface area contributed by atoms with Crippen LogP contribution in [0.25, 0.3) is 5.69 Å². The van der Waals surface area contributed by atoms with E-state index in [1.165, 1.54) is 5.56 Å². The summed E-state index contributed by atoms with van der Waals surface area (Å²) < 4.78 is 1.86. The topological polar surface area (TPSA) is 38.1 Å². The second-order valence-electron chi connectivity index (χ2n) is 5.77. The highest BCUT2D eigenvalue weighted by Crippen LogP contribution is 2.29. The van der Waals surface area contributed by atoms with Crippen molar-refractivity contribution in [1.82, 2.24) is 9.78 Å². The number of aryl methyl sites for hydroxylation is 1. The Balaban J connectivity index is 1.62. The van der Waals surface area contributed by atoms with Gasteiger partial charge >= 0.3 is 0 Å². The van der Waals surface area contributed by atoms with Crippen molar-refractivity contribution < 1.29 is 4.79 Å². The number of amides is 1. The molecule has 23 heavy (non-hydrogen) atoms. The smallest absolute Gasteiger partial charge is 0.258 e. The summed E-state index contributed by atoms with van der Waals surface area (Å²) in [5.41, 5.74) is 5.01. The van der Waals surface area contributed by atoms with Crippen molar-refractivity contribution in [2.75, 3.05) is 11.4 Å². The number of benzene rings is 2. The third-order valence-electron chi connectivity index (χ3n) is 4.32. The maximum absolute atomic E-state index is 12.8. The summed E-state index contributed by atoms with van der Waals surface area (Å²) in [5, 5.41) is 4.29. The standard InChI is InChI=1S/C19H17N3O/c1-14-10-12-20-22(14)17-8-6-16(7-9-17)19(23)21-13-11-15-4-2-3-5-18(15)21/h2-10,12H,11,13H2,1H3. The Labute approximate surface area is 135 Å². The minimum Gasteiger partial charge on any atom is -0.308 e. The molecule has 1 aliphatic rings. The SMILES string of the molecule is Cc1ccnn1-c1ccc(C(=O)N2CCc3ccccc32)cc1. The summed E-state index contributed by atoms with van der Waals surface area (Å²) in [6, 6.07) is 17.7. The number of nitrogens with zero attached hydrogens (tertiary/aromatic N) is 3. The summed E-state index contributed by atoms with van der Waals surface area (Å²) in [4.78, 5) is 14.6. The monoisotopic (exact) mass is 303 g/mol. The van der Waals surface area contributed by atoms with E-state index in [0.29, 0.717) is 5.56 Å². The fraction of sp³-hybridized carbons (Fsp3) is 0.158. The molecular formula is C19H17N3O. The highest BCUT2D eigenvalue weighted by Gasteiger charge is 2.24. The number of hydrogen-bond acceptors (Lipinski definition) is 2. The van der Waals surface area contributed by atoms with Crippen molar-refractivity contribution in [2.45, 2.75) is 13.3 Å². The summed E-state index contributed by atoms with van der Waals surface area (Å²) in [6.07, 6.45) is 2.70. The van der Waals surface area contributed by atoms with Crippen molar-refractivity contribution in [3.05, 3.63) is 77.6 Å². The van der Waals surface area contributed by atoms with E-state index in [2.05, 4.69) is 11.2 Å². The molecule has 0 spiro atoms. The van der Waals surface area contributed by atoms with Crippen LogP contribution in [0.4, 0.5) is 5.69 Å². The third kappa shape index (κ3) is 2.32. The van der Waals surface area contributed by atoms with E-state index in [1.807, 2.05) is 65.0 Å². The maximum atomic E-state index is 12.8. The molecule has 114 valence electrons. The third-order valence-corrected chi connectivity index (χ3v) is 4.32. The Bertz CT molecular complexity index is 864. The van der Waals surface area contributed by atoms with Gasteiger partial charge in [0.15, 0.2) is 0 Å². The van der Waals surface area contributed by atoms with Gasteiger partial charge in [0.1, 0.15) is 0 Å². The zero-order valence-corrected chi connectivity index (χ0v) is 12.9. The summed E-state index contributed by atoms with van der Waals surface area (Å²) in [6.45, 7) is 2.76. The maximum Gasteiger partial charge on any atom is 0.258 e. The van der Waals surface area contributed by atoms with Gasteiger partial charge in [0, 0.05) is 29.7 Å². The predicted molar refractivity (Wildman–Crippen MR) is 90.1 cm³/mol. The molecule has 0 aliphatic carbocycles. The van der Waals surface area contributed by atoms with Crippen LogP contribution in [-0.2, 0) is 6.42 Å². The van der Waals surface area contributed by atoms with Crippen molar-refractivity contribution in [2.24, 2.45) is 0 Å². The molecule has 0 fully saturated rings. The van der Waals surface area contributed by atoms with Crippen molar-refractivity contribution in [3.8, 4) is 5.69 Å². The van der Waals surface area contributed by atoms with Crippen LogP contribution in [-0.4, -0.2) is 22.2 Å². The second kappa shape index (κ2) is 5.39. The molecule has 1 amide bonds. The molecule has 0 atom stereocenters. The number of hydrogen-bond donors (Lipinski definition) is 0. The largest absolute Gasteiger partial charge is 0.308 e. The lowest BCUT2D eigenvalue weighted by Gasteiger charge is -2.17. The molecule has 1 aromatic heterocycles. The molecule has 2 aromatic carbocycles. The lowest BCUT2D eigenvalue weighted by atomic mass is 10.1. The number of fused-ring (bicyclic) bond motifs is 1. The van der Waals surface area contributed by atoms with E-state index < -0.39 is 0 Å². The van der Waals surface area contributed by atoms with Crippen LogP contribution in [0.15, 0.2) is 60.8 Å². The molecule has 4 rings (SSSR count). The van der Waals surface area contributed by atoms with Crippen LogP contribution in [0.3, 0.4) is 0 Å². The van der Waals surface area contributed by atoms with Crippen LogP contribution >= 0.6 is 0 Å². The van der Waals surface area contributed by atoms with E-state index in [4.69, 9.17) is 0 Å². The number of aromatic nitrogens is 2. The van der Waals surface area contributed by atoms with Crippen LogP contribution in [0, 0.1) is 6.92 Å². The molecule has 4 nitrogen and oxygen atoms in total. The molecule has 4 heteroatoms. The Kier molecular flexibility index (Phi) is 3.23. The number of rotatable bonds is 2. The molecule has 0 N–H and O–H groups in total. The molecule has 0 bridgehead atoms. The fourth-order valence-electron chi connectivity index (χ4n) is 3.09. The Morgan fingerprint density at radius 1 is 1.04 bits per heavy atom. The lowest BCUT2D eigenvalue weighted by molar-refractivity contribution is 0.0989. The first-order valence-electron chi connectivity index (χ1n) is 7.75. The van der Waals surface area contributed by atoms with Crippen LogP contribution in [0.1, 0.15) is 21.6 Å². The normalized spacial score (nSPS) is 13.2. The average molecular weight is 303 g/mol. The molecule has 0 unspecified atom stereocenters. The minimum absolute atomic E-state index is 0.0543. The molecule has 0 saturated carbocycles. The Hall–Kier alpha value is -2.88. The van der Waals surface area contributed by atoms with E-state index in [0.717, 1.165) is 30.0 Å². The van der Waals surface area contributed by atoms with Crippen molar-refractivity contribution >= 4 is 11.6 Å². The number of carbonyl (C=O) groups excluding carboxylic acids is 1. The quantitative estimate of drug-likeness (QED) is 0.728. The summed E-state index contributed by atoms with van der Waals surface area (Å²) >= 11 is 0. The number of para-hydroxylation sites is 1. The van der Waals surface area contributed by atoms with E-state index in [9.17, 15) is 4.79 Å². The van der Waals surface area contributed by atoms with E-state index >= 15 is 0 Å². The average Bonchev–Trinajstić information content (AvgIpc) is 3.20. The highest BCUT2D eigenvalue weighted by molar-refractivity contribution is 6.07. The number of anilines is 1. The van der Waals surface area contributed by atoms with Crippen molar-refractivity contribution in [3.63, 3.8) is 0 Å². The Morgan fingerprint density at radius 2 is 1.83 bits per heavy atom. The second-order valence-corrected chi connectivity index (χ2v) is 5.77. The van der Waals surface area contributed by atoms with Gasteiger partial charge in [-0.3, -0.25) is 4.79 Å². The zero-order valence-electron chi connectivity index (χ0n) is 12.9. The van der Waals surface area contributed by atoms with Crippen LogP contribution in [0.5, 0.6) is 0 Å². The first kappa shape index (κ1) is 13.8. The van der Waals surface area contributed by atoms with Crippen molar-refractivity contribution in [1.29, 1.82) is 0 Å². The van der Waals surface area contributed by atoms with E-state index in [1.54, 1.807) is 6.20 Å².